The van der Waals surface area contributed by atoms with Crippen molar-refractivity contribution in [3.63, 3.8) is 0 Å². The van der Waals surface area contributed by atoms with E-state index in [0.717, 1.165) is 0 Å². The van der Waals surface area contributed by atoms with Gasteiger partial charge in [-0.2, -0.15) is 0 Å². The van der Waals surface area contributed by atoms with Crippen LogP contribution in [-0.2, 0) is 0 Å². The molecule has 0 aromatic heterocycles. The molecule has 0 fully saturated rings. The SMILES string of the molecule is CC1=CCC([Si](C)(C)c2ccccc2)=C1C. The third kappa shape index (κ3) is 1.80. The minimum absolute atomic E-state index is 1.17. The number of benzene rings is 1. The monoisotopic (exact) mass is 228 g/mol. The van der Waals surface area contributed by atoms with E-state index in [2.05, 4.69) is 63.3 Å². The second kappa shape index (κ2) is 4.06. The van der Waals surface area contributed by atoms with Crippen molar-refractivity contribution in [2.24, 2.45) is 0 Å². The molecular formula is C15H20Si. The first-order valence-electron chi connectivity index (χ1n) is 5.96. The summed E-state index contributed by atoms with van der Waals surface area (Å²) in [6.07, 6.45) is 3.55. The summed E-state index contributed by atoms with van der Waals surface area (Å²) in [7, 11) is -1.42. The number of hydrogen-bond acceptors (Lipinski definition) is 0. The van der Waals surface area contributed by atoms with Gasteiger partial charge in [0.05, 0.1) is 0 Å². The lowest BCUT2D eigenvalue weighted by Crippen LogP contribution is -2.43. The van der Waals surface area contributed by atoms with E-state index in [1.807, 2.05) is 0 Å². The summed E-state index contributed by atoms with van der Waals surface area (Å²) in [4.78, 5) is 0. The summed E-state index contributed by atoms with van der Waals surface area (Å²) in [6, 6.07) is 11.0. The Balaban J connectivity index is 2.42. The van der Waals surface area contributed by atoms with Gasteiger partial charge in [0, 0.05) is 0 Å². The van der Waals surface area contributed by atoms with Gasteiger partial charge >= 0.3 is 0 Å². The van der Waals surface area contributed by atoms with Crippen molar-refractivity contribution in [3.05, 3.63) is 52.8 Å². The third-order valence-corrected chi connectivity index (χ3v) is 7.77. The first kappa shape index (κ1) is 11.4. The van der Waals surface area contributed by atoms with Crippen molar-refractivity contribution in [1.29, 1.82) is 0 Å². The quantitative estimate of drug-likeness (QED) is 0.675. The predicted molar refractivity (Wildman–Crippen MR) is 74.6 cm³/mol. The summed E-state index contributed by atoms with van der Waals surface area (Å²) >= 11 is 0. The largest absolute Gasteiger partial charge is 0.108 e. The average molecular weight is 228 g/mol. The molecule has 2 rings (SSSR count). The van der Waals surface area contributed by atoms with E-state index in [1.165, 1.54) is 12.0 Å². The lowest BCUT2D eigenvalue weighted by molar-refractivity contribution is 1.32. The number of rotatable bonds is 2. The topological polar surface area (TPSA) is 0 Å². The molecule has 0 heterocycles. The molecule has 1 aromatic rings. The van der Waals surface area contributed by atoms with Gasteiger partial charge in [-0.05, 0) is 20.3 Å². The molecule has 0 saturated carbocycles. The minimum atomic E-state index is -1.42. The number of hydrogen-bond donors (Lipinski definition) is 0. The van der Waals surface area contributed by atoms with Gasteiger partial charge in [0.15, 0.2) is 0 Å². The number of allylic oxidation sites excluding steroid dienone is 4. The standard InChI is InChI=1S/C15H20Si/c1-12-10-11-15(13(12)2)16(3,4)14-8-6-5-7-9-14/h5-10H,11H2,1-4H3. The highest BCUT2D eigenvalue weighted by molar-refractivity contribution is 6.95. The van der Waals surface area contributed by atoms with Crippen LogP contribution in [0.4, 0.5) is 0 Å². The molecule has 1 heteroatoms. The molecule has 1 aliphatic carbocycles. The minimum Gasteiger partial charge on any atom is -0.0776 e. The van der Waals surface area contributed by atoms with E-state index in [9.17, 15) is 0 Å². The summed E-state index contributed by atoms with van der Waals surface area (Å²) in [5.41, 5.74) is 3.02. The molecule has 1 aliphatic rings. The Morgan fingerprint density at radius 1 is 1.00 bits per heavy atom. The second-order valence-electron chi connectivity index (χ2n) is 5.19. The fourth-order valence-corrected chi connectivity index (χ4v) is 5.67. The first-order valence-corrected chi connectivity index (χ1v) is 8.96. The van der Waals surface area contributed by atoms with Gasteiger partial charge in [0.25, 0.3) is 0 Å². The molecule has 0 bridgehead atoms. The summed E-state index contributed by atoms with van der Waals surface area (Å²) < 4.78 is 0. The normalized spacial score (nSPS) is 16.6. The van der Waals surface area contributed by atoms with Gasteiger partial charge in [0.1, 0.15) is 8.07 Å². The molecule has 0 saturated heterocycles. The molecule has 0 nitrogen and oxygen atoms in total. The van der Waals surface area contributed by atoms with E-state index in [1.54, 1.807) is 16.0 Å². The van der Waals surface area contributed by atoms with Crippen LogP contribution in [0.2, 0.25) is 13.1 Å². The van der Waals surface area contributed by atoms with Crippen LogP contribution in [0.1, 0.15) is 20.3 Å². The van der Waals surface area contributed by atoms with E-state index in [4.69, 9.17) is 0 Å². The molecule has 0 unspecified atom stereocenters. The molecule has 16 heavy (non-hydrogen) atoms. The van der Waals surface area contributed by atoms with Crippen LogP contribution in [0.5, 0.6) is 0 Å². The molecule has 0 spiro atoms. The molecule has 0 atom stereocenters. The first-order chi connectivity index (χ1) is 7.53. The Morgan fingerprint density at radius 2 is 1.62 bits per heavy atom. The molecule has 1 aromatic carbocycles. The van der Waals surface area contributed by atoms with Crippen molar-refractivity contribution in [2.45, 2.75) is 33.4 Å². The van der Waals surface area contributed by atoms with Crippen LogP contribution >= 0.6 is 0 Å². The molecular weight excluding hydrogens is 208 g/mol. The Morgan fingerprint density at radius 3 is 2.12 bits per heavy atom. The second-order valence-corrected chi connectivity index (χ2v) is 9.62. The van der Waals surface area contributed by atoms with Gasteiger partial charge in [-0.25, -0.2) is 0 Å². The lowest BCUT2D eigenvalue weighted by Gasteiger charge is -2.26. The highest BCUT2D eigenvalue weighted by Gasteiger charge is 2.31. The molecule has 0 amide bonds. The highest BCUT2D eigenvalue weighted by Crippen LogP contribution is 2.32. The Labute approximate surface area is 99.7 Å². The van der Waals surface area contributed by atoms with Crippen molar-refractivity contribution in [2.75, 3.05) is 0 Å². The Kier molecular flexibility index (Phi) is 2.89. The van der Waals surface area contributed by atoms with Crippen molar-refractivity contribution in [1.82, 2.24) is 0 Å². The van der Waals surface area contributed by atoms with E-state index >= 15 is 0 Å². The highest BCUT2D eigenvalue weighted by atomic mass is 28.3. The van der Waals surface area contributed by atoms with Crippen LogP contribution in [-0.4, -0.2) is 8.07 Å². The summed E-state index contributed by atoms with van der Waals surface area (Å²) in [5, 5.41) is 3.25. The van der Waals surface area contributed by atoms with Gasteiger partial charge in [0.2, 0.25) is 0 Å². The van der Waals surface area contributed by atoms with Crippen molar-refractivity contribution in [3.8, 4) is 0 Å². The van der Waals surface area contributed by atoms with Gasteiger partial charge in [-0.15, -0.1) is 0 Å². The predicted octanol–water partition coefficient (Wildman–Crippen LogP) is 3.81. The van der Waals surface area contributed by atoms with E-state index in [0.29, 0.717) is 0 Å². The third-order valence-electron chi connectivity index (χ3n) is 3.91. The lowest BCUT2D eigenvalue weighted by atomic mass is 10.2. The van der Waals surface area contributed by atoms with Gasteiger partial charge in [-0.3, -0.25) is 0 Å². The zero-order chi connectivity index (χ0) is 11.8. The fourth-order valence-electron chi connectivity index (χ4n) is 2.55. The van der Waals surface area contributed by atoms with Crippen LogP contribution < -0.4 is 5.19 Å². The zero-order valence-electron chi connectivity index (χ0n) is 10.7. The van der Waals surface area contributed by atoms with Crippen LogP contribution in [0.3, 0.4) is 0 Å². The fraction of sp³-hybridized carbons (Fsp3) is 0.333. The van der Waals surface area contributed by atoms with Crippen LogP contribution in [0, 0.1) is 0 Å². The molecule has 0 N–H and O–H groups in total. The van der Waals surface area contributed by atoms with Gasteiger partial charge in [-0.1, -0.05) is 71.0 Å². The molecule has 84 valence electrons. The smallest absolute Gasteiger partial charge is 0.0776 e. The Hall–Kier alpha value is -1.08. The average Bonchev–Trinajstić information content (AvgIpc) is 2.61. The Bertz CT molecular complexity index is 450. The van der Waals surface area contributed by atoms with E-state index in [-0.39, 0.29) is 0 Å². The molecule has 0 aliphatic heterocycles. The van der Waals surface area contributed by atoms with Crippen LogP contribution in [0.15, 0.2) is 52.8 Å². The summed E-state index contributed by atoms with van der Waals surface area (Å²) in [6.45, 7) is 9.45. The van der Waals surface area contributed by atoms with Crippen LogP contribution in [0.25, 0.3) is 0 Å². The zero-order valence-corrected chi connectivity index (χ0v) is 11.7. The molecule has 0 radical (unpaired) electrons. The maximum absolute atomic E-state index is 2.47. The van der Waals surface area contributed by atoms with Crippen molar-refractivity contribution < 1.29 is 0 Å². The van der Waals surface area contributed by atoms with E-state index < -0.39 is 8.07 Å². The van der Waals surface area contributed by atoms with Crippen molar-refractivity contribution >= 4 is 13.3 Å². The maximum Gasteiger partial charge on any atom is 0.108 e. The van der Waals surface area contributed by atoms with Gasteiger partial charge < -0.3 is 0 Å². The maximum atomic E-state index is 2.47. The summed E-state index contributed by atoms with van der Waals surface area (Å²) in [5.74, 6) is 0.